The molecule has 2 unspecified atom stereocenters. The van der Waals surface area contributed by atoms with Gasteiger partial charge in [0, 0.05) is 0 Å². The zero-order valence-corrected chi connectivity index (χ0v) is 11.6. The lowest BCUT2D eigenvalue weighted by molar-refractivity contribution is 0.0288. The molecule has 4 N–H and O–H groups in total. The molecule has 1 saturated carbocycles. The summed E-state index contributed by atoms with van der Waals surface area (Å²) in [6.07, 6.45) is 5.22. The van der Waals surface area contributed by atoms with Crippen LogP contribution in [-0.2, 0) is 0 Å². The van der Waals surface area contributed by atoms with E-state index in [0.29, 0.717) is 16.7 Å². The largest absolute Gasteiger partial charge is 0.330 e. The predicted octanol–water partition coefficient (Wildman–Crippen LogP) is 2.76. The second-order valence-corrected chi connectivity index (χ2v) is 6.91. The highest BCUT2D eigenvalue weighted by Gasteiger charge is 2.41. The van der Waals surface area contributed by atoms with Crippen molar-refractivity contribution in [2.75, 3.05) is 13.1 Å². The first-order chi connectivity index (χ1) is 7.36. The van der Waals surface area contributed by atoms with E-state index in [0.717, 1.165) is 19.0 Å². The van der Waals surface area contributed by atoms with E-state index in [2.05, 4.69) is 27.7 Å². The molecule has 0 saturated heterocycles. The van der Waals surface area contributed by atoms with Crippen LogP contribution in [0.25, 0.3) is 0 Å². The molecular weight excluding hydrogens is 196 g/mol. The maximum Gasteiger partial charge on any atom is -0.00341 e. The third-order valence-corrected chi connectivity index (χ3v) is 4.60. The van der Waals surface area contributed by atoms with Gasteiger partial charge in [-0.1, -0.05) is 34.1 Å². The molecule has 16 heavy (non-hydrogen) atoms. The molecule has 0 aliphatic heterocycles. The van der Waals surface area contributed by atoms with Crippen molar-refractivity contribution >= 4 is 0 Å². The molecule has 1 fully saturated rings. The topological polar surface area (TPSA) is 52.0 Å². The van der Waals surface area contributed by atoms with Gasteiger partial charge < -0.3 is 11.5 Å². The molecule has 0 bridgehead atoms. The highest BCUT2D eigenvalue weighted by Crippen LogP contribution is 2.51. The molecule has 2 atom stereocenters. The van der Waals surface area contributed by atoms with Crippen molar-refractivity contribution in [1.82, 2.24) is 0 Å². The van der Waals surface area contributed by atoms with Gasteiger partial charge in [-0.25, -0.2) is 0 Å². The molecule has 96 valence electrons. The van der Waals surface area contributed by atoms with Crippen LogP contribution in [0.5, 0.6) is 0 Å². The molecule has 2 nitrogen and oxygen atoms in total. The van der Waals surface area contributed by atoms with Gasteiger partial charge in [0.25, 0.3) is 0 Å². The first-order valence-electron chi connectivity index (χ1n) is 6.76. The van der Waals surface area contributed by atoms with Crippen LogP contribution in [0, 0.1) is 22.7 Å². The molecule has 2 heteroatoms. The first-order valence-corrected chi connectivity index (χ1v) is 6.76. The maximum absolute atomic E-state index is 5.85. The van der Waals surface area contributed by atoms with Crippen LogP contribution < -0.4 is 11.5 Å². The standard InChI is InChI=1S/C14H30N2/c1-5-14(4)7-11(12(8-15)9-16)6-13(2,3)10-14/h11-12H,5-10,15-16H2,1-4H3. The van der Waals surface area contributed by atoms with Crippen LogP contribution in [0.15, 0.2) is 0 Å². The summed E-state index contributed by atoms with van der Waals surface area (Å²) in [7, 11) is 0. The van der Waals surface area contributed by atoms with Crippen molar-refractivity contribution in [3.8, 4) is 0 Å². The Hall–Kier alpha value is -0.0800. The fraction of sp³-hybridized carbons (Fsp3) is 1.00. The van der Waals surface area contributed by atoms with Crippen molar-refractivity contribution in [2.24, 2.45) is 34.1 Å². The summed E-state index contributed by atoms with van der Waals surface area (Å²) in [6, 6.07) is 0. The summed E-state index contributed by atoms with van der Waals surface area (Å²) < 4.78 is 0. The second kappa shape index (κ2) is 5.05. The minimum Gasteiger partial charge on any atom is -0.330 e. The Morgan fingerprint density at radius 1 is 1.12 bits per heavy atom. The smallest absolute Gasteiger partial charge is 0.00341 e. The Morgan fingerprint density at radius 3 is 2.12 bits per heavy atom. The maximum atomic E-state index is 5.85. The lowest BCUT2D eigenvalue weighted by Crippen LogP contribution is -2.42. The quantitative estimate of drug-likeness (QED) is 0.774. The van der Waals surface area contributed by atoms with Gasteiger partial charge in [-0.15, -0.1) is 0 Å². The van der Waals surface area contributed by atoms with Crippen molar-refractivity contribution in [2.45, 2.75) is 53.4 Å². The lowest BCUT2D eigenvalue weighted by atomic mass is 9.57. The van der Waals surface area contributed by atoms with Crippen LogP contribution in [0.3, 0.4) is 0 Å². The van der Waals surface area contributed by atoms with Crippen LogP contribution in [0.4, 0.5) is 0 Å². The summed E-state index contributed by atoms with van der Waals surface area (Å²) in [5, 5.41) is 0. The van der Waals surface area contributed by atoms with E-state index in [1.165, 1.54) is 25.7 Å². The molecule has 0 aromatic carbocycles. The molecule has 0 amide bonds. The zero-order chi connectivity index (χ0) is 12.4. The second-order valence-electron chi connectivity index (χ2n) is 6.91. The van der Waals surface area contributed by atoms with E-state index in [1.54, 1.807) is 0 Å². The summed E-state index contributed by atoms with van der Waals surface area (Å²) >= 11 is 0. The summed E-state index contributed by atoms with van der Waals surface area (Å²) in [4.78, 5) is 0. The van der Waals surface area contributed by atoms with Gasteiger partial charge in [-0.05, 0) is 55.0 Å². The summed E-state index contributed by atoms with van der Waals surface area (Å²) in [6.45, 7) is 11.0. The van der Waals surface area contributed by atoms with Gasteiger partial charge in [-0.2, -0.15) is 0 Å². The molecule has 1 aliphatic rings. The van der Waals surface area contributed by atoms with E-state index in [-0.39, 0.29) is 0 Å². The van der Waals surface area contributed by atoms with Crippen LogP contribution in [0.1, 0.15) is 53.4 Å². The monoisotopic (exact) mass is 226 g/mol. The fourth-order valence-electron chi connectivity index (χ4n) is 3.80. The van der Waals surface area contributed by atoms with Gasteiger partial charge in [0.15, 0.2) is 0 Å². The van der Waals surface area contributed by atoms with E-state index >= 15 is 0 Å². The Bertz CT molecular complexity index is 221. The normalized spacial score (nSPS) is 34.3. The van der Waals surface area contributed by atoms with E-state index in [1.807, 2.05) is 0 Å². The van der Waals surface area contributed by atoms with Crippen molar-refractivity contribution in [1.29, 1.82) is 0 Å². The number of rotatable bonds is 4. The number of hydrogen-bond acceptors (Lipinski definition) is 2. The molecule has 0 spiro atoms. The molecule has 1 aliphatic carbocycles. The lowest BCUT2D eigenvalue weighted by Gasteiger charge is -2.48. The molecule has 0 aromatic heterocycles. The van der Waals surface area contributed by atoms with Crippen LogP contribution >= 0.6 is 0 Å². The van der Waals surface area contributed by atoms with E-state index in [9.17, 15) is 0 Å². The highest BCUT2D eigenvalue weighted by molar-refractivity contribution is 4.93. The first kappa shape index (κ1) is 14.0. The van der Waals surface area contributed by atoms with E-state index < -0.39 is 0 Å². The van der Waals surface area contributed by atoms with Crippen molar-refractivity contribution in [3.63, 3.8) is 0 Å². The zero-order valence-electron chi connectivity index (χ0n) is 11.6. The molecule has 0 heterocycles. The summed E-state index contributed by atoms with van der Waals surface area (Å²) in [5.74, 6) is 1.24. The number of nitrogens with two attached hydrogens (primary N) is 2. The third-order valence-electron chi connectivity index (χ3n) is 4.60. The minimum atomic E-state index is 0.455. The van der Waals surface area contributed by atoms with Gasteiger partial charge in [0.05, 0.1) is 0 Å². The Kier molecular flexibility index (Phi) is 4.42. The Balaban J connectivity index is 2.80. The molecule has 1 rings (SSSR count). The number of hydrogen-bond donors (Lipinski definition) is 2. The Labute approximate surface area is 101 Å². The van der Waals surface area contributed by atoms with Crippen LogP contribution in [-0.4, -0.2) is 13.1 Å². The van der Waals surface area contributed by atoms with Gasteiger partial charge in [-0.3, -0.25) is 0 Å². The van der Waals surface area contributed by atoms with E-state index in [4.69, 9.17) is 11.5 Å². The molecular formula is C14H30N2. The predicted molar refractivity (Wildman–Crippen MR) is 71.1 cm³/mol. The van der Waals surface area contributed by atoms with Crippen molar-refractivity contribution in [3.05, 3.63) is 0 Å². The van der Waals surface area contributed by atoms with Gasteiger partial charge >= 0.3 is 0 Å². The average molecular weight is 226 g/mol. The van der Waals surface area contributed by atoms with Gasteiger partial charge in [0.1, 0.15) is 0 Å². The highest BCUT2D eigenvalue weighted by atomic mass is 14.6. The molecule has 0 radical (unpaired) electrons. The third kappa shape index (κ3) is 3.21. The fourth-order valence-corrected chi connectivity index (χ4v) is 3.80. The van der Waals surface area contributed by atoms with Crippen molar-refractivity contribution < 1.29 is 0 Å². The summed E-state index contributed by atoms with van der Waals surface area (Å²) in [5.41, 5.74) is 12.7. The molecule has 0 aromatic rings. The van der Waals surface area contributed by atoms with Crippen LogP contribution in [0.2, 0.25) is 0 Å². The average Bonchev–Trinajstić information content (AvgIpc) is 2.17. The minimum absolute atomic E-state index is 0.455. The van der Waals surface area contributed by atoms with Gasteiger partial charge in [0.2, 0.25) is 0 Å². The SMILES string of the molecule is CCC1(C)CC(C(CN)CN)CC(C)(C)C1. The Morgan fingerprint density at radius 2 is 1.69 bits per heavy atom.